The van der Waals surface area contributed by atoms with E-state index in [1.807, 2.05) is 24.3 Å². The Hall–Kier alpha value is -1.66. The molecule has 2 nitrogen and oxygen atoms in total. The van der Waals surface area contributed by atoms with Crippen molar-refractivity contribution in [3.63, 3.8) is 0 Å². The monoisotopic (exact) mass is 313 g/mol. The summed E-state index contributed by atoms with van der Waals surface area (Å²) in [5.41, 5.74) is 7.55. The quantitative estimate of drug-likeness (QED) is 0.834. The molecule has 6 heteroatoms. The maximum atomic E-state index is 12.0. The van der Waals surface area contributed by atoms with E-state index in [4.69, 9.17) is 5.73 Å². The fraction of sp³-hybridized carbons (Fsp3) is 0.200. The first-order valence-electron chi connectivity index (χ1n) is 6.23. The van der Waals surface area contributed by atoms with Gasteiger partial charge in [-0.2, -0.15) is 0 Å². The topological polar surface area (TPSA) is 35.2 Å². The molecule has 112 valence electrons. The first-order valence-corrected chi connectivity index (χ1v) is 7.21. The Morgan fingerprint density at radius 2 is 1.71 bits per heavy atom. The van der Waals surface area contributed by atoms with Crippen molar-refractivity contribution in [2.24, 2.45) is 5.73 Å². The fourth-order valence-electron chi connectivity index (χ4n) is 1.72. The number of thioether (sulfide) groups is 1. The van der Waals surface area contributed by atoms with Gasteiger partial charge in [0, 0.05) is 17.2 Å². The Balaban J connectivity index is 1.94. The lowest BCUT2D eigenvalue weighted by Crippen LogP contribution is -2.16. The fourth-order valence-corrected chi connectivity index (χ4v) is 2.65. The van der Waals surface area contributed by atoms with E-state index in [9.17, 15) is 13.2 Å². The van der Waals surface area contributed by atoms with Crippen LogP contribution in [0.2, 0.25) is 0 Å². The molecule has 2 rings (SSSR count). The van der Waals surface area contributed by atoms with Gasteiger partial charge in [-0.1, -0.05) is 24.3 Å². The third-order valence-corrected chi connectivity index (χ3v) is 3.76. The van der Waals surface area contributed by atoms with Crippen molar-refractivity contribution < 1.29 is 17.9 Å². The molecule has 2 aromatic rings. The van der Waals surface area contributed by atoms with Crippen LogP contribution >= 0.6 is 11.8 Å². The molecule has 0 aromatic heterocycles. The third-order valence-electron chi connectivity index (χ3n) is 2.70. The SMILES string of the molecule is NCc1cccc(SCc2ccc(OC(F)(F)F)cc2)c1. The lowest BCUT2D eigenvalue weighted by atomic mass is 10.2. The van der Waals surface area contributed by atoms with E-state index in [0.717, 1.165) is 16.0 Å². The van der Waals surface area contributed by atoms with Gasteiger partial charge in [-0.25, -0.2) is 0 Å². The minimum absolute atomic E-state index is 0.207. The summed E-state index contributed by atoms with van der Waals surface area (Å²) >= 11 is 1.60. The molecule has 0 amide bonds. The van der Waals surface area contributed by atoms with E-state index in [1.54, 1.807) is 23.9 Å². The molecule has 0 saturated carbocycles. The number of ether oxygens (including phenoxy) is 1. The highest BCUT2D eigenvalue weighted by Crippen LogP contribution is 2.26. The number of hydrogen-bond donors (Lipinski definition) is 1. The van der Waals surface area contributed by atoms with Crippen molar-refractivity contribution in [2.75, 3.05) is 0 Å². The normalized spacial score (nSPS) is 11.4. The Kier molecular flexibility index (Phi) is 5.14. The lowest BCUT2D eigenvalue weighted by molar-refractivity contribution is -0.274. The van der Waals surface area contributed by atoms with E-state index in [-0.39, 0.29) is 5.75 Å². The molecule has 0 unspecified atom stereocenters. The predicted octanol–water partition coefficient (Wildman–Crippen LogP) is 4.34. The standard InChI is InChI=1S/C15H14F3NOS/c16-15(17,18)20-13-6-4-11(5-7-13)10-21-14-3-1-2-12(8-14)9-19/h1-8H,9-10,19H2. The average Bonchev–Trinajstić information content (AvgIpc) is 2.45. The number of halogens is 3. The summed E-state index contributed by atoms with van der Waals surface area (Å²) in [5.74, 6) is 0.460. The number of nitrogens with two attached hydrogens (primary N) is 1. The second-order valence-corrected chi connectivity index (χ2v) is 5.38. The summed E-state index contributed by atoms with van der Waals surface area (Å²) < 4.78 is 40.0. The van der Waals surface area contributed by atoms with Gasteiger partial charge in [-0.15, -0.1) is 24.9 Å². The molecule has 21 heavy (non-hydrogen) atoms. The van der Waals surface area contributed by atoms with Gasteiger partial charge in [0.15, 0.2) is 0 Å². The highest BCUT2D eigenvalue weighted by molar-refractivity contribution is 7.98. The Labute approximate surface area is 125 Å². The second-order valence-electron chi connectivity index (χ2n) is 4.33. The molecular weight excluding hydrogens is 299 g/mol. The van der Waals surface area contributed by atoms with E-state index in [0.29, 0.717) is 12.3 Å². The summed E-state index contributed by atoms with van der Waals surface area (Å²) in [5, 5.41) is 0. The van der Waals surface area contributed by atoms with Crippen LogP contribution in [0.3, 0.4) is 0 Å². The molecule has 2 N–H and O–H groups in total. The summed E-state index contributed by atoms with van der Waals surface area (Å²) in [6, 6.07) is 13.8. The molecule has 0 aliphatic rings. The number of hydrogen-bond acceptors (Lipinski definition) is 3. The Morgan fingerprint density at radius 3 is 2.33 bits per heavy atom. The zero-order chi connectivity index (χ0) is 15.3. The first kappa shape index (κ1) is 15.7. The maximum absolute atomic E-state index is 12.0. The van der Waals surface area contributed by atoms with Crippen molar-refractivity contribution in [1.82, 2.24) is 0 Å². The molecule has 2 aromatic carbocycles. The summed E-state index contributed by atoms with van der Waals surface area (Å²) in [6.07, 6.45) is -4.65. The minimum Gasteiger partial charge on any atom is -0.406 e. The minimum atomic E-state index is -4.65. The van der Waals surface area contributed by atoms with Crippen LogP contribution in [0.1, 0.15) is 11.1 Å². The van der Waals surface area contributed by atoms with E-state index in [2.05, 4.69) is 4.74 Å². The highest BCUT2D eigenvalue weighted by Gasteiger charge is 2.30. The molecule has 0 atom stereocenters. The number of benzene rings is 2. The number of alkyl halides is 3. The zero-order valence-corrected chi connectivity index (χ0v) is 11.9. The van der Waals surface area contributed by atoms with Crippen molar-refractivity contribution in [3.8, 4) is 5.75 Å². The molecule has 0 saturated heterocycles. The van der Waals surface area contributed by atoms with Crippen LogP contribution in [0.25, 0.3) is 0 Å². The highest BCUT2D eigenvalue weighted by atomic mass is 32.2. The van der Waals surface area contributed by atoms with Crippen molar-refractivity contribution in [3.05, 3.63) is 59.7 Å². The molecule has 0 heterocycles. The smallest absolute Gasteiger partial charge is 0.406 e. The predicted molar refractivity (Wildman–Crippen MR) is 77.0 cm³/mol. The molecule has 0 aliphatic heterocycles. The van der Waals surface area contributed by atoms with Crippen LogP contribution in [0.15, 0.2) is 53.4 Å². The van der Waals surface area contributed by atoms with Gasteiger partial charge in [0.1, 0.15) is 5.75 Å². The van der Waals surface area contributed by atoms with Gasteiger partial charge in [0.2, 0.25) is 0 Å². The lowest BCUT2D eigenvalue weighted by Gasteiger charge is -2.09. The van der Waals surface area contributed by atoms with Gasteiger partial charge in [-0.3, -0.25) is 0 Å². The maximum Gasteiger partial charge on any atom is 0.573 e. The van der Waals surface area contributed by atoms with E-state index in [1.165, 1.54) is 12.1 Å². The van der Waals surface area contributed by atoms with Crippen LogP contribution in [-0.2, 0) is 12.3 Å². The van der Waals surface area contributed by atoms with Crippen LogP contribution in [0, 0.1) is 0 Å². The molecule has 0 aliphatic carbocycles. The van der Waals surface area contributed by atoms with Crippen LogP contribution in [0.5, 0.6) is 5.75 Å². The third kappa shape index (κ3) is 5.32. The summed E-state index contributed by atoms with van der Waals surface area (Å²) in [4.78, 5) is 1.08. The second kappa shape index (κ2) is 6.87. The van der Waals surface area contributed by atoms with Gasteiger partial charge >= 0.3 is 6.36 Å². The molecule has 0 radical (unpaired) electrons. The zero-order valence-electron chi connectivity index (χ0n) is 11.1. The van der Waals surface area contributed by atoms with Crippen molar-refractivity contribution >= 4 is 11.8 Å². The van der Waals surface area contributed by atoms with E-state index >= 15 is 0 Å². The van der Waals surface area contributed by atoms with Crippen LogP contribution in [-0.4, -0.2) is 6.36 Å². The van der Waals surface area contributed by atoms with Crippen molar-refractivity contribution in [1.29, 1.82) is 0 Å². The number of rotatable bonds is 5. The average molecular weight is 313 g/mol. The molecule has 0 bridgehead atoms. The molecule has 0 fully saturated rings. The van der Waals surface area contributed by atoms with Gasteiger partial charge in [0.25, 0.3) is 0 Å². The van der Waals surface area contributed by atoms with Gasteiger partial charge in [-0.05, 0) is 35.4 Å². The van der Waals surface area contributed by atoms with Gasteiger partial charge in [0.05, 0.1) is 0 Å². The Bertz CT molecular complexity index is 584. The Morgan fingerprint density at radius 1 is 1.00 bits per heavy atom. The van der Waals surface area contributed by atoms with Gasteiger partial charge < -0.3 is 10.5 Å². The van der Waals surface area contributed by atoms with Crippen LogP contribution in [0.4, 0.5) is 13.2 Å². The van der Waals surface area contributed by atoms with Crippen molar-refractivity contribution in [2.45, 2.75) is 23.6 Å². The largest absolute Gasteiger partial charge is 0.573 e. The summed E-state index contributed by atoms with van der Waals surface area (Å²) in [6.45, 7) is 0.484. The molecular formula is C15H14F3NOS. The van der Waals surface area contributed by atoms with E-state index < -0.39 is 6.36 Å². The molecule has 0 spiro atoms. The van der Waals surface area contributed by atoms with Crippen LogP contribution < -0.4 is 10.5 Å². The summed E-state index contributed by atoms with van der Waals surface area (Å²) in [7, 11) is 0. The first-order chi connectivity index (χ1) is 9.96.